The number of rotatable bonds is 11. The lowest BCUT2D eigenvalue weighted by molar-refractivity contribution is -0.387. The number of nitro groups is 1. The van der Waals surface area contributed by atoms with Crippen LogP contribution in [0.3, 0.4) is 0 Å². The highest BCUT2D eigenvalue weighted by atomic mass is 35.5. The molecule has 2 aromatic heterocycles. The fourth-order valence-electron chi connectivity index (χ4n) is 7.86. The number of nitrogens with zero attached hydrogens (tertiary/aromatic N) is 5. The third-order valence-electron chi connectivity index (χ3n) is 10.3. The van der Waals surface area contributed by atoms with Gasteiger partial charge in [-0.2, -0.15) is 9.40 Å². The van der Waals surface area contributed by atoms with Gasteiger partial charge >= 0.3 is 5.97 Å². The van der Waals surface area contributed by atoms with Crippen molar-refractivity contribution in [2.75, 3.05) is 26.3 Å². The maximum Gasteiger partial charge on any atom is 0.355 e. The van der Waals surface area contributed by atoms with Crippen LogP contribution >= 0.6 is 11.6 Å². The third-order valence-corrected chi connectivity index (χ3v) is 12.5. The minimum absolute atomic E-state index is 0.0119. The lowest BCUT2D eigenvalue weighted by atomic mass is 9.96. The lowest BCUT2D eigenvalue weighted by Gasteiger charge is -2.23. The third kappa shape index (κ3) is 7.12. The minimum Gasteiger partial charge on any atom is -0.493 e. The van der Waals surface area contributed by atoms with Gasteiger partial charge in [-0.1, -0.05) is 48.9 Å². The summed E-state index contributed by atoms with van der Waals surface area (Å²) in [6.07, 6.45) is 2.26. The molecule has 0 spiro atoms. The Balaban J connectivity index is 1.37. The average Bonchev–Trinajstić information content (AvgIpc) is 3.65. The second-order valence-electron chi connectivity index (χ2n) is 13.6. The number of aromatic nitrogens is 3. The molecule has 3 heterocycles. The number of carbonyl (C=O) groups is 1. The van der Waals surface area contributed by atoms with E-state index in [1.165, 1.54) is 40.7 Å². The molecule has 1 aliphatic heterocycles. The minimum atomic E-state index is -4.38. The largest absolute Gasteiger partial charge is 0.493 e. The fraction of sp³-hybridized carbons (Fsp3) is 0.317. The maximum atomic E-state index is 14.3. The van der Waals surface area contributed by atoms with E-state index in [0.29, 0.717) is 64.9 Å². The van der Waals surface area contributed by atoms with Crippen LogP contribution in [-0.2, 0) is 47.6 Å². The Bertz CT molecular complexity index is 2600. The predicted molar refractivity (Wildman–Crippen MR) is 212 cm³/mol. The summed E-state index contributed by atoms with van der Waals surface area (Å²) >= 11 is 7.14. The Morgan fingerprint density at radius 1 is 1.00 bits per heavy atom. The zero-order valence-electron chi connectivity index (χ0n) is 31.3. The summed E-state index contributed by atoms with van der Waals surface area (Å²) in [6.45, 7) is 4.07. The van der Waals surface area contributed by atoms with Crippen molar-refractivity contribution in [3.05, 3.63) is 116 Å². The van der Waals surface area contributed by atoms with Crippen molar-refractivity contribution in [2.45, 2.75) is 57.4 Å². The smallest absolute Gasteiger partial charge is 0.355 e. The molecule has 15 heteroatoms. The van der Waals surface area contributed by atoms with Crippen molar-refractivity contribution in [2.24, 2.45) is 7.05 Å². The molecule has 1 aliphatic rings. The molecular weight excluding hydrogens is 761 g/mol. The lowest BCUT2D eigenvalue weighted by Crippen LogP contribution is -2.35. The number of sulfonamides is 1. The summed E-state index contributed by atoms with van der Waals surface area (Å²) in [6, 6.07) is 19.0. The number of ether oxygens (including phenoxy) is 2. The van der Waals surface area contributed by atoms with Gasteiger partial charge in [0.15, 0.2) is 4.90 Å². The second-order valence-corrected chi connectivity index (χ2v) is 15.9. The maximum absolute atomic E-state index is 14.3. The van der Waals surface area contributed by atoms with E-state index in [2.05, 4.69) is 0 Å². The van der Waals surface area contributed by atoms with Crippen LogP contribution in [0, 0.1) is 15.9 Å². The van der Waals surface area contributed by atoms with Crippen LogP contribution in [0.2, 0.25) is 5.02 Å². The summed E-state index contributed by atoms with van der Waals surface area (Å²) in [5.74, 6) is -0.312. The van der Waals surface area contributed by atoms with Gasteiger partial charge in [0.2, 0.25) is 10.0 Å². The Hall–Kier alpha value is -5.31. The number of aryl methyl sites for hydroxylation is 3. The molecule has 0 N–H and O–H groups in total. The highest BCUT2D eigenvalue weighted by Gasteiger charge is 2.34. The van der Waals surface area contributed by atoms with Crippen molar-refractivity contribution in [3.63, 3.8) is 0 Å². The normalized spacial score (nSPS) is 13.7. The molecule has 292 valence electrons. The van der Waals surface area contributed by atoms with Gasteiger partial charge in [0, 0.05) is 60.3 Å². The molecule has 4 aromatic carbocycles. The van der Waals surface area contributed by atoms with Gasteiger partial charge in [0.1, 0.15) is 17.3 Å². The van der Waals surface area contributed by atoms with E-state index < -0.39 is 31.5 Å². The monoisotopic (exact) mass is 801 g/mol. The molecule has 0 radical (unpaired) electrons. The summed E-state index contributed by atoms with van der Waals surface area (Å²) < 4.78 is 59.3. The van der Waals surface area contributed by atoms with Crippen molar-refractivity contribution in [3.8, 4) is 16.9 Å². The van der Waals surface area contributed by atoms with Crippen molar-refractivity contribution < 1.29 is 32.0 Å². The zero-order chi connectivity index (χ0) is 39.7. The van der Waals surface area contributed by atoms with Crippen LogP contribution in [0.5, 0.6) is 5.75 Å². The quantitative estimate of drug-likeness (QED) is 0.0552. The summed E-state index contributed by atoms with van der Waals surface area (Å²) in [5, 5.41) is 19.5. The van der Waals surface area contributed by atoms with Gasteiger partial charge in [-0.25, -0.2) is 17.6 Å². The first-order chi connectivity index (χ1) is 27.0. The van der Waals surface area contributed by atoms with E-state index in [-0.39, 0.29) is 44.4 Å². The van der Waals surface area contributed by atoms with E-state index in [1.807, 2.05) is 42.9 Å². The molecule has 0 unspecified atom stereocenters. The van der Waals surface area contributed by atoms with Gasteiger partial charge in [-0.15, -0.1) is 0 Å². The van der Waals surface area contributed by atoms with E-state index in [4.69, 9.17) is 26.2 Å². The highest BCUT2D eigenvalue weighted by Crippen LogP contribution is 2.43. The topological polar surface area (TPSA) is 139 Å². The summed E-state index contributed by atoms with van der Waals surface area (Å²) in [7, 11) is -2.52. The number of esters is 1. The Kier molecular flexibility index (Phi) is 11.2. The van der Waals surface area contributed by atoms with Crippen LogP contribution in [0.1, 0.15) is 54.1 Å². The Labute approximate surface area is 328 Å². The number of nitro benzene ring substituents is 1. The van der Waals surface area contributed by atoms with E-state index in [9.17, 15) is 27.7 Å². The molecular formula is C41H41ClFN5O7S. The van der Waals surface area contributed by atoms with Crippen molar-refractivity contribution in [1.29, 1.82) is 0 Å². The SMILES string of the molecule is CCOC(=O)c1c(CCCOc2cccc3cc(F)ccc23)c2ccc(Cl)c3c2n1CCN(S(=O)(=O)c1ccccc1[N+](=O)[O-])CCCc1nn(C)c(CC)c1-3. The van der Waals surface area contributed by atoms with Crippen LogP contribution in [0.25, 0.3) is 32.8 Å². The van der Waals surface area contributed by atoms with Gasteiger partial charge in [-0.05, 0) is 86.4 Å². The number of hydrogen-bond donors (Lipinski definition) is 0. The average molecular weight is 802 g/mol. The van der Waals surface area contributed by atoms with Crippen LogP contribution in [0.15, 0.2) is 77.7 Å². The number of hydrogen-bond acceptors (Lipinski definition) is 8. The Morgan fingerprint density at radius 2 is 1.79 bits per heavy atom. The van der Waals surface area contributed by atoms with Crippen LogP contribution in [-0.4, -0.2) is 64.3 Å². The molecule has 0 amide bonds. The first kappa shape index (κ1) is 38.9. The second kappa shape index (κ2) is 16.0. The molecule has 7 rings (SSSR count). The summed E-state index contributed by atoms with van der Waals surface area (Å²) in [4.78, 5) is 25.0. The van der Waals surface area contributed by atoms with E-state index in [1.54, 1.807) is 23.6 Å². The zero-order valence-corrected chi connectivity index (χ0v) is 32.8. The Morgan fingerprint density at radius 3 is 2.55 bits per heavy atom. The van der Waals surface area contributed by atoms with Gasteiger partial charge in [-0.3, -0.25) is 14.8 Å². The number of benzene rings is 4. The molecule has 0 atom stereocenters. The van der Waals surface area contributed by atoms with E-state index in [0.717, 1.165) is 27.7 Å². The molecule has 0 aliphatic carbocycles. The van der Waals surface area contributed by atoms with Gasteiger partial charge in [0.05, 0.1) is 34.4 Å². The van der Waals surface area contributed by atoms with Crippen LogP contribution < -0.4 is 4.74 Å². The van der Waals surface area contributed by atoms with E-state index >= 15 is 0 Å². The molecule has 6 aromatic rings. The van der Waals surface area contributed by atoms with Gasteiger partial charge in [0.25, 0.3) is 5.69 Å². The molecule has 56 heavy (non-hydrogen) atoms. The summed E-state index contributed by atoms with van der Waals surface area (Å²) in [5.41, 5.74) is 4.24. The van der Waals surface area contributed by atoms with Crippen molar-refractivity contribution in [1.82, 2.24) is 18.7 Å². The highest BCUT2D eigenvalue weighted by molar-refractivity contribution is 7.89. The fourth-order valence-corrected chi connectivity index (χ4v) is 9.74. The standard InChI is InChI=1S/C41H41ClFN5O7S/c1-4-33-38-32(44-45(33)3)13-9-21-46(56(52,53)36-16-7-6-14-34(36)48(50)51)22-23-47-39-30(19-20-31(42)37(38)39)29(40(47)41(49)54-5-2)12-10-24-55-35-15-8-11-26-25-27(43)17-18-28(26)35/h6-8,11,14-20,25H,4-5,9-10,12-13,21-24H2,1-3H3. The molecule has 0 fully saturated rings. The number of para-hydroxylation sites is 1. The van der Waals surface area contributed by atoms with Crippen molar-refractivity contribution >= 4 is 55.0 Å². The van der Waals surface area contributed by atoms with Crippen LogP contribution in [0.4, 0.5) is 10.1 Å². The predicted octanol–water partition coefficient (Wildman–Crippen LogP) is 8.28. The molecule has 0 bridgehead atoms. The number of fused-ring (bicyclic) bond motifs is 3. The van der Waals surface area contributed by atoms with Gasteiger partial charge < -0.3 is 14.0 Å². The first-order valence-corrected chi connectivity index (χ1v) is 20.4. The molecule has 0 saturated carbocycles. The number of halogens is 2. The first-order valence-electron chi connectivity index (χ1n) is 18.6. The molecule has 12 nitrogen and oxygen atoms in total. The molecule has 0 saturated heterocycles. The number of carbonyl (C=O) groups excluding carboxylic acids is 1.